The van der Waals surface area contributed by atoms with E-state index < -0.39 is 11.5 Å². The van der Waals surface area contributed by atoms with E-state index in [1.807, 2.05) is 0 Å². The standard InChI is InChI=1S/C9H16N2O3/c10-9(4-2-1-3-5-9)8(14)11-6-7(12)13/h1-6,10H2,(H,11,14)(H,12,13). The van der Waals surface area contributed by atoms with Crippen LogP contribution in [0.4, 0.5) is 0 Å². The molecular formula is C9H16N2O3. The summed E-state index contributed by atoms with van der Waals surface area (Å²) in [6.07, 6.45) is 4.29. The van der Waals surface area contributed by atoms with Gasteiger partial charge in [0.05, 0.1) is 5.54 Å². The highest BCUT2D eigenvalue weighted by atomic mass is 16.4. The molecule has 0 radical (unpaired) electrons. The molecule has 80 valence electrons. The minimum atomic E-state index is -1.04. The van der Waals surface area contributed by atoms with Crippen LogP contribution in [0.5, 0.6) is 0 Å². The van der Waals surface area contributed by atoms with Gasteiger partial charge in [0.25, 0.3) is 0 Å². The first-order valence-electron chi connectivity index (χ1n) is 4.83. The summed E-state index contributed by atoms with van der Waals surface area (Å²) in [7, 11) is 0. The monoisotopic (exact) mass is 200 g/mol. The fraction of sp³-hybridized carbons (Fsp3) is 0.778. The first-order chi connectivity index (χ1) is 6.54. The number of rotatable bonds is 3. The second kappa shape index (κ2) is 4.41. The molecule has 0 aromatic heterocycles. The van der Waals surface area contributed by atoms with Gasteiger partial charge in [0, 0.05) is 0 Å². The highest BCUT2D eigenvalue weighted by molar-refractivity contribution is 5.88. The molecule has 14 heavy (non-hydrogen) atoms. The van der Waals surface area contributed by atoms with Crippen LogP contribution < -0.4 is 11.1 Å². The summed E-state index contributed by atoms with van der Waals surface area (Å²) in [5.74, 6) is -1.38. The molecule has 1 aliphatic rings. The highest BCUT2D eigenvalue weighted by Crippen LogP contribution is 2.25. The fourth-order valence-electron chi connectivity index (χ4n) is 1.74. The zero-order valence-electron chi connectivity index (χ0n) is 8.08. The van der Waals surface area contributed by atoms with Crippen LogP contribution in [0.3, 0.4) is 0 Å². The van der Waals surface area contributed by atoms with E-state index in [2.05, 4.69) is 5.32 Å². The van der Waals surface area contributed by atoms with Crippen molar-refractivity contribution in [2.45, 2.75) is 37.6 Å². The minimum Gasteiger partial charge on any atom is -0.480 e. The molecule has 0 atom stereocenters. The van der Waals surface area contributed by atoms with Crippen LogP contribution in [0.1, 0.15) is 32.1 Å². The molecule has 0 aliphatic heterocycles. The summed E-state index contributed by atoms with van der Waals surface area (Å²) < 4.78 is 0. The molecule has 1 aliphatic carbocycles. The number of amides is 1. The van der Waals surface area contributed by atoms with Gasteiger partial charge in [0.1, 0.15) is 6.54 Å². The topological polar surface area (TPSA) is 92.4 Å². The van der Waals surface area contributed by atoms with Crippen LogP contribution in [0.15, 0.2) is 0 Å². The fourth-order valence-corrected chi connectivity index (χ4v) is 1.74. The van der Waals surface area contributed by atoms with Crippen LogP contribution in [0.2, 0.25) is 0 Å². The Labute approximate surface area is 82.7 Å². The van der Waals surface area contributed by atoms with Gasteiger partial charge in [-0.25, -0.2) is 0 Å². The van der Waals surface area contributed by atoms with Gasteiger partial charge in [-0.15, -0.1) is 0 Å². The van der Waals surface area contributed by atoms with E-state index >= 15 is 0 Å². The molecule has 1 rings (SSSR count). The molecule has 1 amide bonds. The van der Waals surface area contributed by atoms with E-state index in [4.69, 9.17) is 10.8 Å². The maximum absolute atomic E-state index is 11.5. The zero-order valence-corrected chi connectivity index (χ0v) is 8.08. The molecule has 1 saturated carbocycles. The largest absolute Gasteiger partial charge is 0.480 e. The van der Waals surface area contributed by atoms with Gasteiger partial charge in [-0.05, 0) is 12.8 Å². The number of carbonyl (C=O) groups excluding carboxylic acids is 1. The molecule has 5 nitrogen and oxygen atoms in total. The highest BCUT2D eigenvalue weighted by Gasteiger charge is 2.35. The van der Waals surface area contributed by atoms with Gasteiger partial charge >= 0.3 is 5.97 Å². The summed E-state index contributed by atoms with van der Waals surface area (Å²) in [6.45, 7) is -0.349. The SMILES string of the molecule is NC1(C(=O)NCC(=O)O)CCCCC1. The van der Waals surface area contributed by atoms with Gasteiger partial charge in [0.2, 0.25) is 5.91 Å². The predicted molar refractivity (Wildman–Crippen MR) is 50.6 cm³/mol. The smallest absolute Gasteiger partial charge is 0.322 e. The Morgan fingerprint density at radius 2 is 1.86 bits per heavy atom. The number of carboxylic acid groups (broad SMARTS) is 1. The molecule has 0 aromatic rings. The summed E-state index contributed by atoms with van der Waals surface area (Å²) in [5, 5.41) is 10.7. The van der Waals surface area contributed by atoms with Crippen LogP contribution in [-0.4, -0.2) is 29.1 Å². The first kappa shape index (κ1) is 11.0. The molecular weight excluding hydrogens is 184 g/mol. The number of aliphatic carboxylic acids is 1. The maximum Gasteiger partial charge on any atom is 0.322 e. The van der Waals surface area contributed by atoms with E-state index in [1.165, 1.54) is 0 Å². The average Bonchev–Trinajstić information content (AvgIpc) is 2.15. The Hall–Kier alpha value is -1.10. The number of hydrogen-bond donors (Lipinski definition) is 3. The molecule has 0 heterocycles. The van der Waals surface area contributed by atoms with Crippen molar-refractivity contribution in [2.24, 2.45) is 5.73 Å². The molecule has 0 unspecified atom stereocenters. The van der Waals surface area contributed by atoms with Gasteiger partial charge in [0.15, 0.2) is 0 Å². The minimum absolute atomic E-state index is 0.334. The number of hydrogen-bond acceptors (Lipinski definition) is 3. The Morgan fingerprint density at radius 3 is 2.36 bits per heavy atom. The molecule has 1 fully saturated rings. The van der Waals surface area contributed by atoms with Crippen molar-refractivity contribution in [1.29, 1.82) is 0 Å². The zero-order chi connectivity index (χ0) is 10.6. The van der Waals surface area contributed by atoms with Crippen molar-refractivity contribution < 1.29 is 14.7 Å². The van der Waals surface area contributed by atoms with Crippen LogP contribution in [0, 0.1) is 0 Å². The second-order valence-corrected chi connectivity index (χ2v) is 3.79. The van der Waals surface area contributed by atoms with Crippen molar-refractivity contribution in [1.82, 2.24) is 5.32 Å². The summed E-state index contributed by atoms with van der Waals surface area (Å²) in [4.78, 5) is 21.8. The summed E-state index contributed by atoms with van der Waals surface area (Å²) in [5.41, 5.74) is 5.04. The lowest BCUT2D eigenvalue weighted by atomic mass is 9.82. The van der Waals surface area contributed by atoms with Crippen LogP contribution in [-0.2, 0) is 9.59 Å². The number of carboxylic acids is 1. The van der Waals surface area contributed by atoms with Gasteiger partial charge in [-0.2, -0.15) is 0 Å². The summed E-state index contributed by atoms with van der Waals surface area (Å²) in [6, 6.07) is 0. The Balaban J connectivity index is 2.45. The van der Waals surface area contributed by atoms with Gasteiger partial charge in [-0.1, -0.05) is 19.3 Å². The Bertz CT molecular complexity index is 234. The van der Waals surface area contributed by atoms with Crippen LogP contribution >= 0.6 is 0 Å². The third-order valence-corrected chi connectivity index (χ3v) is 2.60. The van der Waals surface area contributed by atoms with Gasteiger partial charge in [-0.3, -0.25) is 9.59 Å². The second-order valence-electron chi connectivity index (χ2n) is 3.79. The Morgan fingerprint density at radius 1 is 1.29 bits per heavy atom. The molecule has 0 saturated heterocycles. The van der Waals surface area contributed by atoms with E-state index in [-0.39, 0.29) is 12.5 Å². The van der Waals surface area contributed by atoms with Crippen molar-refractivity contribution >= 4 is 11.9 Å². The van der Waals surface area contributed by atoms with E-state index in [0.717, 1.165) is 19.3 Å². The van der Waals surface area contributed by atoms with E-state index in [9.17, 15) is 9.59 Å². The lowest BCUT2D eigenvalue weighted by Crippen LogP contribution is -2.55. The molecule has 0 aromatic carbocycles. The summed E-state index contributed by atoms with van der Waals surface area (Å²) >= 11 is 0. The molecule has 5 heteroatoms. The maximum atomic E-state index is 11.5. The first-order valence-corrected chi connectivity index (χ1v) is 4.83. The molecule has 0 bridgehead atoms. The predicted octanol–water partition coefficient (Wildman–Crippen LogP) is -0.151. The van der Waals surface area contributed by atoms with Crippen molar-refractivity contribution in [3.05, 3.63) is 0 Å². The number of carbonyl (C=O) groups is 2. The third-order valence-electron chi connectivity index (χ3n) is 2.60. The quantitative estimate of drug-likeness (QED) is 0.590. The molecule has 4 N–H and O–H groups in total. The van der Waals surface area contributed by atoms with E-state index in [0.29, 0.717) is 12.8 Å². The van der Waals surface area contributed by atoms with E-state index in [1.54, 1.807) is 0 Å². The average molecular weight is 200 g/mol. The number of nitrogens with two attached hydrogens (primary N) is 1. The lowest BCUT2D eigenvalue weighted by molar-refractivity contribution is -0.139. The third kappa shape index (κ3) is 2.70. The normalized spacial score (nSPS) is 20.1. The van der Waals surface area contributed by atoms with Crippen molar-refractivity contribution in [2.75, 3.05) is 6.54 Å². The molecule has 0 spiro atoms. The number of nitrogens with one attached hydrogen (secondary N) is 1. The lowest BCUT2D eigenvalue weighted by Gasteiger charge is -2.31. The Kier molecular flexibility index (Phi) is 3.46. The van der Waals surface area contributed by atoms with Crippen molar-refractivity contribution in [3.63, 3.8) is 0 Å². The van der Waals surface area contributed by atoms with Crippen molar-refractivity contribution in [3.8, 4) is 0 Å². The van der Waals surface area contributed by atoms with Crippen LogP contribution in [0.25, 0.3) is 0 Å². The van der Waals surface area contributed by atoms with Gasteiger partial charge < -0.3 is 16.2 Å².